The van der Waals surface area contributed by atoms with Crippen molar-refractivity contribution in [1.29, 1.82) is 0 Å². The van der Waals surface area contributed by atoms with Crippen LogP contribution in [0.1, 0.15) is 18.4 Å². The lowest BCUT2D eigenvalue weighted by atomic mass is 9.79. The highest BCUT2D eigenvalue weighted by Gasteiger charge is 2.32. The number of piperidine rings is 1. The van der Waals surface area contributed by atoms with Gasteiger partial charge in [0.15, 0.2) is 0 Å². The highest BCUT2D eigenvalue weighted by atomic mass is 16.5. The number of carbonyl (C=O) groups excluding carboxylic acids is 1. The number of tetrazole rings is 1. The topological polar surface area (TPSA) is 94.0 Å². The maximum atomic E-state index is 12.3. The number of amides is 1. The van der Waals surface area contributed by atoms with Crippen molar-refractivity contribution in [2.24, 2.45) is 5.41 Å². The zero-order valence-electron chi connectivity index (χ0n) is 15.4. The van der Waals surface area contributed by atoms with Gasteiger partial charge in [0.2, 0.25) is 11.7 Å². The largest absolute Gasteiger partial charge is 0.384 e. The molecule has 3 rings (SSSR count). The molecule has 8 nitrogen and oxygen atoms in total. The first-order chi connectivity index (χ1) is 12.6. The summed E-state index contributed by atoms with van der Waals surface area (Å²) in [6.07, 6.45) is 1.97. The molecular formula is C18H26N6O2. The van der Waals surface area contributed by atoms with E-state index in [0.717, 1.165) is 31.5 Å². The minimum atomic E-state index is -0.119. The van der Waals surface area contributed by atoms with E-state index in [4.69, 9.17) is 4.74 Å². The molecule has 0 saturated carbocycles. The van der Waals surface area contributed by atoms with Crippen LogP contribution in [0.2, 0.25) is 0 Å². The lowest BCUT2D eigenvalue weighted by molar-refractivity contribution is -0.123. The van der Waals surface area contributed by atoms with E-state index < -0.39 is 0 Å². The fourth-order valence-electron chi connectivity index (χ4n) is 3.23. The number of methoxy groups -OCH3 is 1. The second kappa shape index (κ2) is 8.37. The van der Waals surface area contributed by atoms with Gasteiger partial charge in [0.1, 0.15) is 6.54 Å². The normalized spacial score (nSPS) is 16.4. The third-order valence-electron chi connectivity index (χ3n) is 4.82. The number of hydrogen-bond donors (Lipinski definition) is 2. The Morgan fingerprint density at radius 3 is 2.73 bits per heavy atom. The van der Waals surface area contributed by atoms with Gasteiger partial charge in [0.05, 0.1) is 6.61 Å². The van der Waals surface area contributed by atoms with Crippen LogP contribution in [0.25, 0.3) is 11.4 Å². The molecule has 1 aromatic carbocycles. The molecule has 1 aliphatic heterocycles. The summed E-state index contributed by atoms with van der Waals surface area (Å²) in [5, 5.41) is 18.7. The Kier molecular flexibility index (Phi) is 5.95. The van der Waals surface area contributed by atoms with Crippen molar-refractivity contribution in [3.63, 3.8) is 0 Å². The molecule has 1 fully saturated rings. The van der Waals surface area contributed by atoms with Crippen LogP contribution in [0, 0.1) is 12.3 Å². The molecule has 1 aliphatic rings. The number of carbonyl (C=O) groups is 1. The minimum Gasteiger partial charge on any atom is -0.384 e. The Balaban J connectivity index is 1.55. The van der Waals surface area contributed by atoms with E-state index in [1.165, 1.54) is 10.4 Å². The van der Waals surface area contributed by atoms with Crippen LogP contribution in [0.4, 0.5) is 0 Å². The molecule has 2 N–H and O–H groups in total. The van der Waals surface area contributed by atoms with Gasteiger partial charge in [0.25, 0.3) is 0 Å². The lowest BCUT2D eigenvalue weighted by Crippen LogP contribution is -2.47. The molecule has 2 heterocycles. The molecule has 140 valence electrons. The molecule has 0 spiro atoms. The molecule has 0 atom stereocenters. The van der Waals surface area contributed by atoms with E-state index in [1.54, 1.807) is 7.11 Å². The fourth-order valence-corrected chi connectivity index (χ4v) is 3.23. The van der Waals surface area contributed by atoms with Gasteiger partial charge < -0.3 is 15.4 Å². The van der Waals surface area contributed by atoms with Crippen LogP contribution in [0.15, 0.2) is 24.3 Å². The average molecular weight is 358 g/mol. The number of aromatic nitrogens is 4. The van der Waals surface area contributed by atoms with Crippen molar-refractivity contribution in [2.45, 2.75) is 26.3 Å². The van der Waals surface area contributed by atoms with E-state index in [0.29, 0.717) is 19.0 Å². The Labute approximate surface area is 153 Å². The van der Waals surface area contributed by atoms with Crippen molar-refractivity contribution in [3.05, 3.63) is 29.8 Å². The molecular weight excluding hydrogens is 332 g/mol. The zero-order chi connectivity index (χ0) is 18.4. The number of benzene rings is 1. The Morgan fingerprint density at radius 1 is 1.31 bits per heavy atom. The third-order valence-corrected chi connectivity index (χ3v) is 4.82. The first-order valence-corrected chi connectivity index (χ1v) is 8.91. The highest BCUT2D eigenvalue weighted by molar-refractivity contribution is 5.75. The predicted molar refractivity (Wildman–Crippen MR) is 97.4 cm³/mol. The van der Waals surface area contributed by atoms with Crippen LogP contribution in [-0.2, 0) is 16.1 Å². The number of nitrogens with zero attached hydrogens (tertiary/aromatic N) is 4. The predicted octanol–water partition coefficient (Wildman–Crippen LogP) is 0.781. The summed E-state index contributed by atoms with van der Waals surface area (Å²) in [5.74, 6) is 0.402. The minimum absolute atomic E-state index is 0.00147. The number of aryl methyl sites for hydroxylation is 1. The molecule has 0 unspecified atom stereocenters. The van der Waals surface area contributed by atoms with Gasteiger partial charge in [-0.15, -0.1) is 10.2 Å². The summed E-state index contributed by atoms with van der Waals surface area (Å²) in [6.45, 7) is 5.22. The molecule has 2 aromatic rings. The van der Waals surface area contributed by atoms with Gasteiger partial charge in [-0.25, -0.2) is 0 Å². The standard InChI is InChI=1S/C18H26N6O2/c1-14-3-5-15(6-4-14)17-21-23-24(22-17)11-16(25)20-12-18(13-26-2)7-9-19-10-8-18/h3-6,19H,7-13H2,1-2H3,(H,20,25). The summed E-state index contributed by atoms with van der Waals surface area (Å²) in [6, 6.07) is 7.89. The third kappa shape index (κ3) is 4.64. The SMILES string of the molecule is COCC1(CNC(=O)Cn2nnc(-c3ccc(C)cc3)n2)CCNCC1. The van der Waals surface area contributed by atoms with Crippen molar-refractivity contribution in [2.75, 3.05) is 33.4 Å². The molecule has 26 heavy (non-hydrogen) atoms. The van der Waals surface area contributed by atoms with Crippen molar-refractivity contribution in [3.8, 4) is 11.4 Å². The molecule has 1 amide bonds. The van der Waals surface area contributed by atoms with Crippen molar-refractivity contribution in [1.82, 2.24) is 30.8 Å². The van der Waals surface area contributed by atoms with Crippen LogP contribution in [0.3, 0.4) is 0 Å². The maximum Gasteiger partial charge on any atom is 0.243 e. The van der Waals surface area contributed by atoms with E-state index in [-0.39, 0.29) is 17.9 Å². The summed E-state index contributed by atoms with van der Waals surface area (Å²) in [7, 11) is 1.71. The van der Waals surface area contributed by atoms with Gasteiger partial charge in [-0.05, 0) is 38.1 Å². The summed E-state index contributed by atoms with van der Waals surface area (Å²) in [4.78, 5) is 13.6. The lowest BCUT2D eigenvalue weighted by Gasteiger charge is -2.37. The first kappa shape index (κ1) is 18.5. The number of nitrogens with one attached hydrogen (secondary N) is 2. The molecule has 0 radical (unpaired) electrons. The first-order valence-electron chi connectivity index (χ1n) is 8.91. The van der Waals surface area contributed by atoms with Crippen LogP contribution in [0.5, 0.6) is 0 Å². The smallest absolute Gasteiger partial charge is 0.243 e. The van der Waals surface area contributed by atoms with E-state index in [9.17, 15) is 4.79 Å². The summed E-state index contributed by atoms with van der Waals surface area (Å²) < 4.78 is 5.38. The summed E-state index contributed by atoms with van der Waals surface area (Å²) in [5.41, 5.74) is 2.05. The number of ether oxygens (including phenoxy) is 1. The molecule has 8 heteroatoms. The van der Waals surface area contributed by atoms with Gasteiger partial charge in [-0.1, -0.05) is 29.8 Å². The number of rotatable bonds is 7. The van der Waals surface area contributed by atoms with Gasteiger partial charge in [-0.3, -0.25) is 4.79 Å². The van der Waals surface area contributed by atoms with Crippen molar-refractivity contribution < 1.29 is 9.53 Å². The van der Waals surface area contributed by atoms with Gasteiger partial charge in [-0.2, -0.15) is 4.80 Å². The van der Waals surface area contributed by atoms with Crippen molar-refractivity contribution >= 4 is 5.91 Å². The van der Waals surface area contributed by atoms with Gasteiger partial charge in [0, 0.05) is 24.6 Å². The van der Waals surface area contributed by atoms with Gasteiger partial charge >= 0.3 is 0 Å². The molecule has 0 bridgehead atoms. The van der Waals surface area contributed by atoms with Crippen LogP contribution < -0.4 is 10.6 Å². The molecule has 1 aromatic heterocycles. The second-order valence-corrected chi connectivity index (χ2v) is 6.97. The summed E-state index contributed by atoms with van der Waals surface area (Å²) >= 11 is 0. The zero-order valence-corrected chi connectivity index (χ0v) is 15.4. The average Bonchev–Trinajstić information content (AvgIpc) is 3.10. The maximum absolute atomic E-state index is 12.3. The highest BCUT2D eigenvalue weighted by Crippen LogP contribution is 2.28. The Hall–Kier alpha value is -2.32. The van der Waals surface area contributed by atoms with Crippen LogP contribution in [-0.4, -0.2) is 59.5 Å². The second-order valence-electron chi connectivity index (χ2n) is 6.97. The number of hydrogen-bond acceptors (Lipinski definition) is 6. The molecule has 1 saturated heterocycles. The Morgan fingerprint density at radius 2 is 2.04 bits per heavy atom. The van der Waals surface area contributed by atoms with E-state index in [2.05, 4.69) is 26.0 Å². The molecule has 0 aliphatic carbocycles. The van der Waals surface area contributed by atoms with E-state index >= 15 is 0 Å². The Bertz CT molecular complexity index is 716. The fraction of sp³-hybridized carbons (Fsp3) is 0.556. The monoisotopic (exact) mass is 358 g/mol. The van der Waals surface area contributed by atoms with Crippen LogP contribution >= 0.6 is 0 Å². The van der Waals surface area contributed by atoms with E-state index in [1.807, 2.05) is 31.2 Å². The quantitative estimate of drug-likeness (QED) is 0.760.